The predicted octanol–water partition coefficient (Wildman–Crippen LogP) is 2.80. The van der Waals surface area contributed by atoms with Crippen LogP contribution in [0.4, 0.5) is 10.1 Å². The van der Waals surface area contributed by atoms with E-state index in [-0.39, 0.29) is 18.0 Å². The van der Waals surface area contributed by atoms with Gasteiger partial charge in [0.1, 0.15) is 5.82 Å². The Bertz CT molecular complexity index is 358. The largest absolute Gasteiger partial charge is 0.391 e. The van der Waals surface area contributed by atoms with E-state index in [1.165, 1.54) is 12.1 Å². The molecule has 0 amide bonds. The number of benzene rings is 1. The van der Waals surface area contributed by atoms with Crippen LogP contribution < -0.4 is 5.32 Å². The molecule has 1 fully saturated rings. The molecule has 4 heteroatoms. The molecule has 0 spiro atoms. The Kier molecular flexibility index (Phi) is 3.12. The Morgan fingerprint density at radius 2 is 2.20 bits per heavy atom. The molecule has 0 radical (unpaired) electrons. The molecule has 0 aliphatic heterocycles. The first-order valence-electron chi connectivity index (χ1n) is 5.06. The average Bonchev–Trinajstić information content (AvgIpc) is 2.57. The minimum absolute atomic E-state index is 0.0351. The molecule has 1 saturated carbocycles. The lowest BCUT2D eigenvalue weighted by molar-refractivity contribution is 0.172. The van der Waals surface area contributed by atoms with Crippen molar-refractivity contribution >= 4 is 17.3 Å². The summed E-state index contributed by atoms with van der Waals surface area (Å²) in [5, 5.41) is 13.1. The van der Waals surface area contributed by atoms with Gasteiger partial charge in [0, 0.05) is 0 Å². The summed E-state index contributed by atoms with van der Waals surface area (Å²) in [4.78, 5) is 0. The van der Waals surface area contributed by atoms with E-state index >= 15 is 0 Å². The fourth-order valence-corrected chi connectivity index (χ4v) is 2.14. The molecule has 1 aromatic rings. The van der Waals surface area contributed by atoms with Crippen molar-refractivity contribution < 1.29 is 9.50 Å². The van der Waals surface area contributed by atoms with Gasteiger partial charge in [-0.05, 0) is 37.5 Å². The summed E-state index contributed by atoms with van der Waals surface area (Å²) in [6.07, 6.45) is 2.43. The van der Waals surface area contributed by atoms with Gasteiger partial charge >= 0.3 is 0 Å². The van der Waals surface area contributed by atoms with Gasteiger partial charge < -0.3 is 10.4 Å². The Morgan fingerprint density at radius 1 is 1.40 bits per heavy atom. The molecule has 2 N–H and O–H groups in total. The number of halogens is 2. The zero-order valence-electron chi connectivity index (χ0n) is 8.21. The van der Waals surface area contributed by atoms with E-state index in [2.05, 4.69) is 5.32 Å². The summed E-state index contributed by atoms with van der Waals surface area (Å²) in [6.45, 7) is 0. The highest BCUT2D eigenvalue weighted by Gasteiger charge is 2.25. The predicted molar refractivity (Wildman–Crippen MR) is 58.7 cm³/mol. The summed E-state index contributed by atoms with van der Waals surface area (Å²) in [7, 11) is 0. The fraction of sp³-hybridized carbons (Fsp3) is 0.455. The van der Waals surface area contributed by atoms with Crippen molar-refractivity contribution in [2.75, 3.05) is 5.32 Å². The topological polar surface area (TPSA) is 32.3 Å². The lowest BCUT2D eigenvalue weighted by Crippen LogP contribution is -2.27. The van der Waals surface area contributed by atoms with Crippen LogP contribution in [0.2, 0.25) is 5.02 Å². The van der Waals surface area contributed by atoms with E-state index in [0.717, 1.165) is 19.3 Å². The first-order chi connectivity index (χ1) is 7.16. The third-order valence-corrected chi connectivity index (χ3v) is 3.06. The minimum Gasteiger partial charge on any atom is -0.391 e. The molecule has 0 unspecified atom stereocenters. The smallest absolute Gasteiger partial charge is 0.124 e. The maximum absolute atomic E-state index is 12.8. The normalized spacial score (nSPS) is 25.5. The molecule has 1 aromatic carbocycles. The van der Waals surface area contributed by atoms with E-state index in [9.17, 15) is 9.50 Å². The molecule has 0 heterocycles. The minimum atomic E-state index is -0.350. The average molecular weight is 230 g/mol. The number of aliphatic hydroxyl groups excluding tert-OH is 1. The monoisotopic (exact) mass is 229 g/mol. The van der Waals surface area contributed by atoms with Crippen molar-refractivity contribution in [3.63, 3.8) is 0 Å². The van der Waals surface area contributed by atoms with E-state index < -0.39 is 0 Å². The number of rotatable bonds is 2. The van der Waals surface area contributed by atoms with Gasteiger partial charge in [0.2, 0.25) is 0 Å². The van der Waals surface area contributed by atoms with Crippen LogP contribution in [0.5, 0.6) is 0 Å². The van der Waals surface area contributed by atoms with E-state index in [0.29, 0.717) is 10.7 Å². The first kappa shape index (κ1) is 10.7. The zero-order valence-corrected chi connectivity index (χ0v) is 8.97. The van der Waals surface area contributed by atoms with Crippen LogP contribution in [0.3, 0.4) is 0 Å². The Hall–Kier alpha value is -0.800. The van der Waals surface area contributed by atoms with E-state index in [1.807, 2.05) is 0 Å². The molecule has 15 heavy (non-hydrogen) atoms. The van der Waals surface area contributed by atoms with Crippen molar-refractivity contribution in [1.82, 2.24) is 0 Å². The number of aliphatic hydroxyl groups is 1. The molecule has 2 rings (SSSR count). The number of anilines is 1. The molecule has 0 bridgehead atoms. The Balaban J connectivity index is 2.10. The maximum atomic E-state index is 12.8. The summed E-state index contributed by atoms with van der Waals surface area (Å²) >= 11 is 5.87. The second kappa shape index (κ2) is 4.37. The first-order valence-corrected chi connectivity index (χ1v) is 5.44. The van der Waals surface area contributed by atoms with Crippen LogP contribution in [-0.2, 0) is 0 Å². The maximum Gasteiger partial charge on any atom is 0.124 e. The van der Waals surface area contributed by atoms with Gasteiger partial charge in [0.05, 0.1) is 22.9 Å². The molecule has 0 aromatic heterocycles. The molecule has 1 aliphatic rings. The SMILES string of the molecule is O[C@@H]1CCC[C@H]1Nc1ccc(F)cc1Cl. The third kappa shape index (κ3) is 2.41. The van der Waals surface area contributed by atoms with Gasteiger partial charge in [0.15, 0.2) is 0 Å². The quantitative estimate of drug-likeness (QED) is 0.818. The molecule has 1 aliphatic carbocycles. The molecule has 2 nitrogen and oxygen atoms in total. The highest BCUT2D eigenvalue weighted by atomic mass is 35.5. The van der Waals surface area contributed by atoms with Gasteiger partial charge in [0.25, 0.3) is 0 Å². The van der Waals surface area contributed by atoms with Gasteiger partial charge in [-0.1, -0.05) is 11.6 Å². The van der Waals surface area contributed by atoms with Crippen LogP contribution in [0.1, 0.15) is 19.3 Å². The van der Waals surface area contributed by atoms with Crippen LogP contribution >= 0.6 is 11.6 Å². The Labute approximate surface area is 93.1 Å². The van der Waals surface area contributed by atoms with Crippen LogP contribution in [-0.4, -0.2) is 17.3 Å². The molecular weight excluding hydrogens is 217 g/mol. The standard InChI is InChI=1S/C11H13ClFNO/c12-8-6-7(13)4-5-9(8)14-10-2-1-3-11(10)15/h4-6,10-11,14-15H,1-3H2/t10-,11-/m1/s1. The van der Waals surface area contributed by atoms with E-state index in [1.54, 1.807) is 6.07 Å². The van der Waals surface area contributed by atoms with Crippen molar-refractivity contribution in [3.8, 4) is 0 Å². The summed E-state index contributed by atoms with van der Waals surface area (Å²) in [5.41, 5.74) is 0.684. The molecular formula is C11H13ClFNO. The second-order valence-electron chi connectivity index (χ2n) is 3.87. The van der Waals surface area contributed by atoms with Crippen LogP contribution in [0.25, 0.3) is 0 Å². The van der Waals surface area contributed by atoms with Crippen molar-refractivity contribution in [2.45, 2.75) is 31.4 Å². The molecule has 82 valence electrons. The fourth-order valence-electron chi connectivity index (χ4n) is 1.92. The van der Waals surface area contributed by atoms with Crippen molar-refractivity contribution in [3.05, 3.63) is 29.0 Å². The van der Waals surface area contributed by atoms with Gasteiger partial charge in [-0.15, -0.1) is 0 Å². The second-order valence-corrected chi connectivity index (χ2v) is 4.28. The van der Waals surface area contributed by atoms with E-state index in [4.69, 9.17) is 11.6 Å². The third-order valence-electron chi connectivity index (χ3n) is 2.75. The number of nitrogens with one attached hydrogen (secondary N) is 1. The van der Waals surface area contributed by atoms with Crippen molar-refractivity contribution in [2.24, 2.45) is 0 Å². The van der Waals surface area contributed by atoms with Crippen molar-refractivity contribution in [1.29, 1.82) is 0 Å². The lowest BCUT2D eigenvalue weighted by atomic mass is 10.2. The number of hydrogen-bond donors (Lipinski definition) is 2. The van der Waals surface area contributed by atoms with Crippen LogP contribution in [0.15, 0.2) is 18.2 Å². The van der Waals surface area contributed by atoms with Gasteiger partial charge in [-0.25, -0.2) is 4.39 Å². The highest BCUT2D eigenvalue weighted by molar-refractivity contribution is 6.33. The molecule has 0 saturated heterocycles. The highest BCUT2D eigenvalue weighted by Crippen LogP contribution is 2.27. The summed E-state index contributed by atoms with van der Waals surface area (Å²) in [6, 6.07) is 4.26. The number of hydrogen-bond acceptors (Lipinski definition) is 2. The molecule has 2 atom stereocenters. The van der Waals surface area contributed by atoms with Gasteiger partial charge in [-0.3, -0.25) is 0 Å². The summed E-state index contributed by atoms with van der Waals surface area (Å²) < 4.78 is 12.8. The van der Waals surface area contributed by atoms with Crippen LogP contribution in [0, 0.1) is 5.82 Å². The summed E-state index contributed by atoms with van der Waals surface area (Å²) in [5.74, 6) is -0.350. The van der Waals surface area contributed by atoms with Gasteiger partial charge in [-0.2, -0.15) is 0 Å². The lowest BCUT2D eigenvalue weighted by Gasteiger charge is -2.18. The Morgan fingerprint density at radius 3 is 2.80 bits per heavy atom. The zero-order chi connectivity index (χ0) is 10.8.